The number of rotatable bonds is 3. The normalized spacial score (nSPS) is 16.0. The fourth-order valence-electron chi connectivity index (χ4n) is 3.33. The van der Waals surface area contributed by atoms with Crippen molar-refractivity contribution < 1.29 is 13.2 Å². The van der Waals surface area contributed by atoms with E-state index in [1.54, 1.807) is 23.2 Å². The fourth-order valence-corrected chi connectivity index (χ4v) is 5.05. The Kier molecular flexibility index (Phi) is 4.67. The van der Waals surface area contributed by atoms with Gasteiger partial charge in [-0.15, -0.1) is 0 Å². The number of aromatic amines is 1. The zero-order valence-electron chi connectivity index (χ0n) is 14.4. The average molecular weight is 404 g/mol. The molecule has 1 N–H and O–H groups in total. The molecule has 0 atom stereocenters. The number of benzene rings is 2. The number of fused-ring (bicyclic) bond motifs is 1. The van der Waals surface area contributed by atoms with E-state index in [-0.39, 0.29) is 23.9 Å². The maximum absolute atomic E-state index is 12.9. The molecule has 1 aromatic heterocycles. The van der Waals surface area contributed by atoms with Gasteiger partial charge in [0.15, 0.2) is 0 Å². The van der Waals surface area contributed by atoms with Gasteiger partial charge in [0.05, 0.1) is 10.5 Å². The molecule has 4 rings (SSSR count). The van der Waals surface area contributed by atoms with Crippen LogP contribution in [0, 0.1) is 0 Å². The highest BCUT2D eigenvalue weighted by molar-refractivity contribution is 7.89. The number of carbonyl (C=O) groups is 1. The Balaban J connectivity index is 1.49. The van der Waals surface area contributed by atoms with E-state index in [0.717, 1.165) is 10.9 Å². The van der Waals surface area contributed by atoms with E-state index in [2.05, 4.69) is 4.98 Å². The first-order valence-corrected chi connectivity index (χ1v) is 10.4. The minimum atomic E-state index is -3.62. The summed E-state index contributed by atoms with van der Waals surface area (Å²) in [5.74, 6) is -0.0905. The molecule has 1 fully saturated rings. The number of nitrogens with one attached hydrogen (secondary N) is 1. The van der Waals surface area contributed by atoms with Crippen LogP contribution in [-0.2, 0) is 10.0 Å². The van der Waals surface area contributed by atoms with Crippen LogP contribution >= 0.6 is 11.6 Å². The van der Waals surface area contributed by atoms with Crippen LogP contribution in [0.25, 0.3) is 10.9 Å². The molecule has 0 bridgehead atoms. The lowest BCUT2D eigenvalue weighted by Crippen LogP contribution is -2.50. The summed E-state index contributed by atoms with van der Waals surface area (Å²) in [5, 5.41) is 1.25. The van der Waals surface area contributed by atoms with Crippen LogP contribution in [0.5, 0.6) is 0 Å². The van der Waals surface area contributed by atoms with Crippen LogP contribution in [0.3, 0.4) is 0 Å². The van der Waals surface area contributed by atoms with Crippen molar-refractivity contribution in [2.75, 3.05) is 26.2 Å². The van der Waals surface area contributed by atoms with Crippen molar-refractivity contribution in [2.24, 2.45) is 0 Å². The van der Waals surface area contributed by atoms with Crippen molar-refractivity contribution in [2.45, 2.75) is 4.90 Å². The topological polar surface area (TPSA) is 73.5 Å². The third-order valence-electron chi connectivity index (χ3n) is 4.78. The first-order valence-electron chi connectivity index (χ1n) is 8.58. The highest BCUT2D eigenvalue weighted by Crippen LogP contribution is 2.23. The highest BCUT2D eigenvalue weighted by atomic mass is 35.5. The summed E-state index contributed by atoms with van der Waals surface area (Å²) in [7, 11) is -3.62. The number of amides is 1. The molecule has 1 aliphatic rings. The van der Waals surface area contributed by atoms with Crippen molar-refractivity contribution >= 4 is 38.4 Å². The maximum atomic E-state index is 12.9. The number of aromatic nitrogens is 1. The van der Waals surface area contributed by atoms with Crippen LogP contribution in [0.2, 0.25) is 5.02 Å². The molecule has 1 aliphatic heterocycles. The van der Waals surface area contributed by atoms with Crippen molar-refractivity contribution in [3.05, 3.63) is 65.3 Å². The summed E-state index contributed by atoms with van der Waals surface area (Å²) in [6.45, 7) is 1.20. The predicted molar refractivity (Wildman–Crippen MR) is 104 cm³/mol. The van der Waals surface area contributed by atoms with Crippen LogP contribution in [0.15, 0.2) is 59.6 Å². The smallest absolute Gasteiger partial charge is 0.256 e. The number of sulfonamides is 1. The van der Waals surface area contributed by atoms with Crippen molar-refractivity contribution in [3.63, 3.8) is 0 Å². The van der Waals surface area contributed by atoms with Crippen LogP contribution in [-0.4, -0.2) is 54.7 Å². The van der Waals surface area contributed by atoms with Crippen molar-refractivity contribution in [3.8, 4) is 0 Å². The first-order chi connectivity index (χ1) is 13.0. The molecule has 3 aromatic rings. The lowest BCUT2D eigenvalue weighted by Gasteiger charge is -2.34. The van der Waals surface area contributed by atoms with Gasteiger partial charge in [0.2, 0.25) is 10.0 Å². The Morgan fingerprint density at radius 3 is 2.48 bits per heavy atom. The second kappa shape index (κ2) is 6.99. The van der Waals surface area contributed by atoms with Crippen LogP contribution in [0.1, 0.15) is 10.4 Å². The van der Waals surface area contributed by atoms with Gasteiger partial charge in [0, 0.05) is 48.3 Å². The summed E-state index contributed by atoms with van der Waals surface area (Å²) in [6.07, 6.45) is 1.71. The van der Waals surface area contributed by atoms with E-state index < -0.39 is 10.0 Å². The number of hydrogen-bond acceptors (Lipinski definition) is 3. The third kappa shape index (κ3) is 3.34. The Bertz CT molecular complexity index is 1100. The predicted octanol–water partition coefficient (Wildman–Crippen LogP) is 2.97. The lowest BCUT2D eigenvalue weighted by atomic mass is 10.1. The summed E-state index contributed by atoms with van der Waals surface area (Å²) >= 11 is 5.92. The molecule has 8 heteroatoms. The Morgan fingerprint density at radius 2 is 1.74 bits per heavy atom. The zero-order chi connectivity index (χ0) is 19.0. The number of piperazine rings is 1. The van der Waals surface area contributed by atoms with E-state index >= 15 is 0 Å². The molecule has 6 nitrogen and oxygen atoms in total. The Hall–Kier alpha value is -2.35. The molecule has 0 unspecified atom stereocenters. The monoisotopic (exact) mass is 403 g/mol. The molecular weight excluding hydrogens is 386 g/mol. The number of H-pyrrole nitrogens is 1. The summed E-state index contributed by atoms with van der Waals surface area (Å²) in [6, 6.07) is 13.9. The maximum Gasteiger partial charge on any atom is 0.256 e. The van der Waals surface area contributed by atoms with E-state index in [1.165, 1.54) is 16.4 Å². The SMILES string of the molecule is O=C(c1c[nH]c2ccccc12)N1CCN(S(=O)(=O)c2cccc(Cl)c2)CC1. The second-order valence-electron chi connectivity index (χ2n) is 6.40. The minimum absolute atomic E-state index is 0.0905. The first kappa shape index (κ1) is 18.0. The average Bonchev–Trinajstić information content (AvgIpc) is 3.12. The number of para-hydroxylation sites is 1. The van der Waals surface area contributed by atoms with E-state index in [9.17, 15) is 13.2 Å². The molecule has 27 heavy (non-hydrogen) atoms. The quantitative estimate of drug-likeness (QED) is 0.730. The van der Waals surface area contributed by atoms with Gasteiger partial charge in [-0.1, -0.05) is 35.9 Å². The highest BCUT2D eigenvalue weighted by Gasteiger charge is 2.31. The minimum Gasteiger partial charge on any atom is -0.360 e. The largest absolute Gasteiger partial charge is 0.360 e. The van der Waals surface area contributed by atoms with Gasteiger partial charge >= 0.3 is 0 Å². The van der Waals surface area contributed by atoms with Gasteiger partial charge in [-0.2, -0.15) is 4.31 Å². The molecule has 0 spiro atoms. The number of hydrogen-bond donors (Lipinski definition) is 1. The van der Waals surface area contributed by atoms with Gasteiger partial charge in [-0.3, -0.25) is 4.79 Å². The molecule has 0 saturated carbocycles. The summed E-state index contributed by atoms with van der Waals surface area (Å²) in [5.41, 5.74) is 1.51. The Labute approximate surface area is 162 Å². The van der Waals surface area contributed by atoms with Crippen LogP contribution in [0.4, 0.5) is 0 Å². The molecule has 1 saturated heterocycles. The standard InChI is InChI=1S/C19H18ClN3O3S/c20-14-4-3-5-15(12-14)27(25,26)23-10-8-22(9-11-23)19(24)17-13-21-18-7-2-1-6-16(17)18/h1-7,12-13,21H,8-11H2. The van der Waals surface area contributed by atoms with Gasteiger partial charge in [-0.25, -0.2) is 8.42 Å². The summed E-state index contributed by atoms with van der Waals surface area (Å²) < 4.78 is 27.0. The summed E-state index contributed by atoms with van der Waals surface area (Å²) in [4.78, 5) is 17.8. The van der Waals surface area contributed by atoms with Crippen LogP contribution < -0.4 is 0 Å². The third-order valence-corrected chi connectivity index (χ3v) is 6.91. The lowest BCUT2D eigenvalue weighted by molar-refractivity contribution is 0.0700. The van der Waals surface area contributed by atoms with Gasteiger partial charge in [0.1, 0.15) is 0 Å². The van der Waals surface area contributed by atoms with E-state index in [0.29, 0.717) is 23.7 Å². The van der Waals surface area contributed by atoms with Gasteiger partial charge < -0.3 is 9.88 Å². The zero-order valence-corrected chi connectivity index (χ0v) is 16.0. The molecule has 140 valence electrons. The second-order valence-corrected chi connectivity index (χ2v) is 8.78. The number of halogens is 1. The van der Waals surface area contributed by atoms with Gasteiger partial charge in [-0.05, 0) is 24.3 Å². The molecular formula is C19H18ClN3O3S. The molecule has 2 aromatic carbocycles. The van der Waals surface area contributed by atoms with Crippen molar-refractivity contribution in [1.29, 1.82) is 0 Å². The number of carbonyl (C=O) groups excluding carboxylic acids is 1. The molecule has 2 heterocycles. The van der Waals surface area contributed by atoms with E-state index in [1.807, 2.05) is 24.3 Å². The van der Waals surface area contributed by atoms with E-state index in [4.69, 9.17) is 11.6 Å². The van der Waals surface area contributed by atoms with Gasteiger partial charge in [0.25, 0.3) is 5.91 Å². The Morgan fingerprint density at radius 1 is 1.00 bits per heavy atom. The molecule has 0 radical (unpaired) electrons. The number of nitrogens with zero attached hydrogens (tertiary/aromatic N) is 2. The fraction of sp³-hybridized carbons (Fsp3) is 0.211. The van der Waals surface area contributed by atoms with Crippen molar-refractivity contribution in [1.82, 2.24) is 14.2 Å². The molecule has 0 aliphatic carbocycles. The molecule has 1 amide bonds.